The van der Waals surface area contributed by atoms with Crippen LogP contribution in [0.5, 0.6) is 11.5 Å². The van der Waals surface area contributed by atoms with Crippen LogP contribution in [0.2, 0.25) is 0 Å². The molecule has 0 aliphatic carbocycles. The van der Waals surface area contributed by atoms with Gasteiger partial charge in [0.15, 0.2) is 11.5 Å². The lowest BCUT2D eigenvalue weighted by molar-refractivity contribution is 0.174. The average Bonchev–Trinajstić information content (AvgIpc) is 2.69. The summed E-state index contributed by atoms with van der Waals surface area (Å²) >= 11 is 0. The zero-order chi connectivity index (χ0) is 11.8. The first-order valence-electron chi connectivity index (χ1n) is 6.07. The number of benzene rings is 1. The quantitative estimate of drug-likeness (QED) is 0.825. The van der Waals surface area contributed by atoms with Gasteiger partial charge in [0.05, 0.1) is 0 Å². The third-order valence-corrected chi connectivity index (χ3v) is 3.69. The Morgan fingerprint density at radius 2 is 2.00 bits per heavy atom. The Balaban J connectivity index is 1.95. The van der Waals surface area contributed by atoms with Crippen LogP contribution in [-0.2, 0) is 0 Å². The minimum absolute atomic E-state index is 0.341. The lowest BCUT2D eigenvalue weighted by Gasteiger charge is -2.35. The van der Waals surface area contributed by atoms with Gasteiger partial charge in [-0.15, -0.1) is 0 Å². The molecule has 2 aliphatic heterocycles. The highest BCUT2D eigenvalue weighted by Gasteiger charge is 2.29. The number of rotatable bonds is 3. The summed E-state index contributed by atoms with van der Waals surface area (Å²) in [6.07, 6.45) is 0. The molecular formula is C13H18N2O2. The zero-order valence-electron chi connectivity index (χ0n) is 10.2. The van der Waals surface area contributed by atoms with E-state index in [1.54, 1.807) is 0 Å². The molecule has 2 N–H and O–H groups in total. The van der Waals surface area contributed by atoms with Crippen molar-refractivity contribution >= 4 is 0 Å². The monoisotopic (exact) mass is 234 g/mol. The van der Waals surface area contributed by atoms with Gasteiger partial charge in [-0.3, -0.25) is 0 Å². The topological polar surface area (TPSA) is 42.5 Å². The largest absolute Gasteiger partial charge is 0.454 e. The van der Waals surface area contributed by atoms with E-state index in [4.69, 9.17) is 9.47 Å². The van der Waals surface area contributed by atoms with E-state index in [-0.39, 0.29) is 0 Å². The minimum atomic E-state index is 0.341. The van der Waals surface area contributed by atoms with Crippen molar-refractivity contribution in [2.45, 2.75) is 13.0 Å². The Hall–Kier alpha value is -1.26. The Morgan fingerprint density at radius 1 is 1.29 bits per heavy atom. The predicted octanol–water partition coefficient (Wildman–Crippen LogP) is 1.20. The maximum atomic E-state index is 5.45. The Labute approximate surface area is 101 Å². The Morgan fingerprint density at radius 3 is 2.59 bits per heavy atom. The molecule has 0 spiro atoms. The van der Waals surface area contributed by atoms with Crippen LogP contribution in [0.25, 0.3) is 0 Å². The van der Waals surface area contributed by atoms with Crippen molar-refractivity contribution in [3.05, 3.63) is 23.3 Å². The first-order valence-corrected chi connectivity index (χ1v) is 6.07. The number of hydrogen-bond donors (Lipinski definition) is 2. The van der Waals surface area contributed by atoms with Gasteiger partial charge in [0.25, 0.3) is 0 Å². The van der Waals surface area contributed by atoms with Crippen molar-refractivity contribution in [2.75, 3.05) is 26.9 Å². The maximum absolute atomic E-state index is 5.45. The van der Waals surface area contributed by atoms with Crippen LogP contribution in [0.1, 0.15) is 17.2 Å². The minimum Gasteiger partial charge on any atom is -0.454 e. The lowest BCUT2D eigenvalue weighted by atomic mass is 9.86. The molecule has 1 aromatic rings. The Bertz CT molecular complexity index is 430. The van der Waals surface area contributed by atoms with E-state index in [2.05, 4.69) is 29.7 Å². The first kappa shape index (κ1) is 10.9. The molecule has 0 aromatic heterocycles. The summed E-state index contributed by atoms with van der Waals surface area (Å²) in [5.74, 6) is 2.41. The lowest BCUT2D eigenvalue weighted by Crippen LogP contribution is -2.48. The third-order valence-electron chi connectivity index (χ3n) is 3.69. The van der Waals surface area contributed by atoms with E-state index >= 15 is 0 Å². The van der Waals surface area contributed by atoms with Crippen molar-refractivity contribution in [3.63, 3.8) is 0 Å². The van der Waals surface area contributed by atoms with Crippen LogP contribution in [-0.4, -0.2) is 26.9 Å². The van der Waals surface area contributed by atoms with Gasteiger partial charge in [-0.1, -0.05) is 0 Å². The van der Waals surface area contributed by atoms with E-state index in [0.717, 1.165) is 24.6 Å². The SMILES string of the molecule is CNC(c1cc2c(cc1C)OCO2)C1CNC1. The fraction of sp³-hybridized carbons (Fsp3) is 0.538. The molecule has 1 unspecified atom stereocenters. The summed E-state index contributed by atoms with van der Waals surface area (Å²) in [4.78, 5) is 0. The van der Waals surface area contributed by atoms with Crippen LogP contribution in [0.4, 0.5) is 0 Å². The molecule has 3 rings (SSSR count). The number of aryl methyl sites for hydroxylation is 1. The standard InChI is InChI=1S/C13H18N2O2/c1-8-3-11-12(17-7-16-11)4-10(8)13(14-2)9-5-15-6-9/h3-4,9,13-15H,5-7H2,1-2H3. The molecule has 0 amide bonds. The van der Waals surface area contributed by atoms with Gasteiger partial charge in [0, 0.05) is 25.0 Å². The van der Waals surface area contributed by atoms with Crippen molar-refractivity contribution in [1.29, 1.82) is 0 Å². The molecular weight excluding hydrogens is 216 g/mol. The van der Waals surface area contributed by atoms with Gasteiger partial charge in [-0.05, 0) is 37.2 Å². The molecule has 1 atom stereocenters. The van der Waals surface area contributed by atoms with Crippen LogP contribution in [0, 0.1) is 12.8 Å². The summed E-state index contributed by atoms with van der Waals surface area (Å²) in [7, 11) is 2.02. The summed E-state index contributed by atoms with van der Waals surface area (Å²) in [5, 5.41) is 6.74. The van der Waals surface area contributed by atoms with Crippen molar-refractivity contribution in [1.82, 2.24) is 10.6 Å². The smallest absolute Gasteiger partial charge is 0.231 e. The van der Waals surface area contributed by atoms with Crippen LogP contribution >= 0.6 is 0 Å². The Kier molecular flexibility index (Phi) is 2.68. The summed E-state index contributed by atoms with van der Waals surface area (Å²) in [5.41, 5.74) is 2.59. The van der Waals surface area contributed by atoms with E-state index < -0.39 is 0 Å². The second-order valence-electron chi connectivity index (χ2n) is 4.75. The number of fused-ring (bicyclic) bond motifs is 1. The molecule has 1 aromatic carbocycles. The zero-order valence-corrected chi connectivity index (χ0v) is 10.2. The van der Waals surface area contributed by atoms with Gasteiger partial charge < -0.3 is 20.1 Å². The van der Waals surface area contributed by atoms with E-state index in [1.807, 2.05) is 7.05 Å². The molecule has 4 heteroatoms. The molecule has 4 nitrogen and oxygen atoms in total. The fourth-order valence-corrected chi connectivity index (χ4v) is 2.59. The van der Waals surface area contributed by atoms with Crippen LogP contribution in [0.15, 0.2) is 12.1 Å². The van der Waals surface area contributed by atoms with Crippen molar-refractivity contribution in [3.8, 4) is 11.5 Å². The highest BCUT2D eigenvalue weighted by Crippen LogP contribution is 2.38. The van der Waals surface area contributed by atoms with Gasteiger partial charge in [0.2, 0.25) is 6.79 Å². The molecule has 17 heavy (non-hydrogen) atoms. The first-order chi connectivity index (χ1) is 8.29. The molecule has 1 fully saturated rings. The highest BCUT2D eigenvalue weighted by atomic mass is 16.7. The average molecular weight is 234 g/mol. The molecule has 0 saturated carbocycles. The van der Waals surface area contributed by atoms with Gasteiger partial charge in [0.1, 0.15) is 0 Å². The fourth-order valence-electron chi connectivity index (χ4n) is 2.59. The predicted molar refractivity (Wildman–Crippen MR) is 65.5 cm³/mol. The molecule has 0 radical (unpaired) electrons. The molecule has 0 bridgehead atoms. The summed E-state index contributed by atoms with van der Waals surface area (Å²) < 4.78 is 10.8. The van der Waals surface area contributed by atoms with Gasteiger partial charge >= 0.3 is 0 Å². The molecule has 2 heterocycles. The van der Waals surface area contributed by atoms with E-state index in [0.29, 0.717) is 18.8 Å². The second kappa shape index (κ2) is 4.20. The van der Waals surface area contributed by atoms with Crippen molar-refractivity contribution < 1.29 is 9.47 Å². The maximum Gasteiger partial charge on any atom is 0.231 e. The normalized spacial score (nSPS) is 20.1. The molecule has 2 aliphatic rings. The van der Waals surface area contributed by atoms with E-state index in [1.165, 1.54) is 11.1 Å². The highest BCUT2D eigenvalue weighted by molar-refractivity contribution is 5.49. The van der Waals surface area contributed by atoms with Crippen molar-refractivity contribution in [2.24, 2.45) is 5.92 Å². The molecule has 92 valence electrons. The van der Waals surface area contributed by atoms with Gasteiger partial charge in [-0.25, -0.2) is 0 Å². The summed E-state index contributed by atoms with van der Waals surface area (Å²) in [6, 6.07) is 4.59. The van der Waals surface area contributed by atoms with Gasteiger partial charge in [-0.2, -0.15) is 0 Å². The number of nitrogens with one attached hydrogen (secondary N) is 2. The van der Waals surface area contributed by atoms with Crippen LogP contribution in [0.3, 0.4) is 0 Å². The molecule has 1 saturated heterocycles. The number of ether oxygens (including phenoxy) is 2. The summed E-state index contributed by atoms with van der Waals surface area (Å²) in [6.45, 7) is 4.64. The second-order valence-corrected chi connectivity index (χ2v) is 4.75. The van der Waals surface area contributed by atoms with E-state index in [9.17, 15) is 0 Å². The number of hydrogen-bond acceptors (Lipinski definition) is 4. The third kappa shape index (κ3) is 1.77. The van der Waals surface area contributed by atoms with Crippen LogP contribution < -0.4 is 20.1 Å².